The zero-order chi connectivity index (χ0) is 18.9. The van der Waals surface area contributed by atoms with Crippen molar-refractivity contribution in [2.45, 2.75) is 90.9 Å². The Morgan fingerprint density at radius 1 is 0.808 bits per heavy atom. The smallest absolute Gasteiger partial charge is 0.0107 e. The summed E-state index contributed by atoms with van der Waals surface area (Å²) in [5.41, 5.74) is 13.3. The minimum Gasteiger partial charge on any atom is -0.0613 e. The van der Waals surface area contributed by atoms with Gasteiger partial charge in [-0.1, -0.05) is 72.7 Å². The molecule has 4 rings (SSSR count). The van der Waals surface area contributed by atoms with Crippen LogP contribution in [0.2, 0.25) is 0 Å². The molecule has 0 saturated carbocycles. The van der Waals surface area contributed by atoms with Gasteiger partial charge in [-0.05, 0) is 81.0 Å². The molecule has 2 aliphatic carbocycles. The third kappa shape index (κ3) is 2.48. The fourth-order valence-corrected chi connectivity index (χ4v) is 5.57. The van der Waals surface area contributed by atoms with E-state index in [-0.39, 0.29) is 10.8 Å². The van der Waals surface area contributed by atoms with E-state index in [1.54, 1.807) is 33.4 Å². The summed E-state index contributed by atoms with van der Waals surface area (Å²) in [6, 6.07) is 9.70. The van der Waals surface area contributed by atoms with Crippen LogP contribution in [0, 0.1) is 0 Å². The van der Waals surface area contributed by atoms with Crippen LogP contribution >= 0.6 is 0 Å². The Balaban J connectivity index is 2.01. The molecule has 138 valence electrons. The van der Waals surface area contributed by atoms with Crippen molar-refractivity contribution in [3.8, 4) is 11.1 Å². The Labute approximate surface area is 160 Å². The quantitative estimate of drug-likeness (QED) is 0.508. The summed E-state index contributed by atoms with van der Waals surface area (Å²) < 4.78 is 0. The van der Waals surface area contributed by atoms with Crippen molar-refractivity contribution in [1.82, 2.24) is 0 Å². The highest BCUT2D eigenvalue weighted by molar-refractivity contribution is 5.83. The standard InChI is InChI=1S/C26H34/c1-8-16-21(25(2,3)4)14-12-17-18-13-15-22(26(5,6)7)19-10-9-11-20(23(16)17)24(18)19/h12-15,20H,8-11H2,1-7H3. The van der Waals surface area contributed by atoms with E-state index in [1.807, 2.05) is 0 Å². The van der Waals surface area contributed by atoms with E-state index in [1.165, 1.54) is 30.4 Å². The fraction of sp³-hybridized carbons (Fsp3) is 0.538. The lowest BCUT2D eigenvalue weighted by molar-refractivity contribution is 0.555. The molecule has 0 aromatic heterocycles. The molecule has 0 N–H and O–H groups in total. The van der Waals surface area contributed by atoms with Crippen molar-refractivity contribution >= 4 is 0 Å². The van der Waals surface area contributed by atoms with Gasteiger partial charge in [-0.25, -0.2) is 0 Å². The summed E-state index contributed by atoms with van der Waals surface area (Å²) in [6.45, 7) is 16.5. The predicted molar refractivity (Wildman–Crippen MR) is 113 cm³/mol. The first-order valence-electron chi connectivity index (χ1n) is 10.5. The summed E-state index contributed by atoms with van der Waals surface area (Å²) in [4.78, 5) is 0. The SMILES string of the molecule is CCc1c(C(C)(C)C)ccc2c1C1CCCc3c(C(C)(C)C)ccc-2c31. The van der Waals surface area contributed by atoms with Gasteiger partial charge >= 0.3 is 0 Å². The average molecular weight is 347 g/mol. The monoisotopic (exact) mass is 346 g/mol. The fourth-order valence-electron chi connectivity index (χ4n) is 5.57. The minimum absolute atomic E-state index is 0.212. The van der Waals surface area contributed by atoms with E-state index < -0.39 is 0 Å². The molecule has 0 heteroatoms. The second kappa shape index (κ2) is 5.72. The number of fused-ring (bicyclic) bond motifs is 3. The molecular weight excluding hydrogens is 312 g/mol. The highest BCUT2D eigenvalue weighted by atomic mass is 14.4. The second-order valence-electron chi connectivity index (χ2n) is 10.4. The van der Waals surface area contributed by atoms with E-state index in [0.29, 0.717) is 5.92 Å². The van der Waals surface area contributed by atoms with Gasteiger partial charge in [-0.2, -0.15) is 0 Å². The molecule has 0 bridgehead atoms. The summed E-state index contributed by atoms with van der Waals surface area (Å²) in [7, 11) is 0. The van der Waals surface area contributed by atoms with Crippen molar-refractivity contribution < 1.29 is 0 Å². The molecule has 0 nitrogen and oxygen atoms in total. The van der Waals surface area contributed by atoms with Crippen LogP contribution in [0.15, 0.2) is 24.3 Å². The first-order valence-corrected chi connectivity index (χ1v) is 10.5. The first-order chi connectivity index (χ1) is 12.1. The van der Waals surface area contributed by atoms with Crippen LogP contribution in [0.1, 0.15) is 101 Å². The summed E-state index contributed by atoms with van der Waals surface area (Å²) in [6.07, 6.45) is 5.04. The van der Waals surface area contributed by atoms with Gasteiger partial charge in [0.15, 0.2) is 0 Å². The van der Waals surface area contributed by atoms with Crippen LogP contribution in [-0.2, 0) is 23.7 Å². The average Bonchev–Trinajstić information content (AvgIpc) is 2.89. The molecule has 0 radical (unpaired) electrons. The first kappa shape index (κ1) is 17.8. The summed E-state index contributed by atoms with van der Waals surface area (Å²) in [5.74, 6) is 0.628. The zero-order valence-electron chi connectivity index (χ0n) is 17.7. The lowest BCUT2D eigenvalue weighted by atomic mass is 9.73. The van der Waals surface area contributed by atoms with Gasteiger partial charge < -0.3 is 0 Å². The molecule has 0 spiro atoms. The highest BCUT2D eigenvalue weighted by Gasteiger charge is 2.38. The van der Waals surface area contributed by atoms with Gasteiger partial charge in [0.2, 0.25) is 0 Å². The van der Waals surface area contributed by atoms with Gasteiger partial charge in [0.1, 0.15) is 0 Å². The number of benzene rings is 2. The van der Waals surface area contributed by atoms with Crippen molar-refractivity contribution in [1.29, 1.82) is 0 Å². The normalized spacial score (nSPS) is 18.7. The molecule has 0 aliphatic heterocycles. The van der Waals surface area contributed by atoms with Crippen LogP contribution in [-0.4, -0.2) is 0 Å². The van der Waals surface area contributed by atoms with Gasteiger partial charge in [0, 0.05) is 5.92 Å². The number of hydrogen-bond acceptors (Lipinski definition) is 0. The van der Waals surface area contributed by atoms with Crippen LogP contribution in [0.3, 0.4) is 0 Å². The third-order valence-electron chi connectivity index (χ3n) is 6.59. The molecule has 0 amide bonds. The number of rotatable bonds is 1. The summed E-state index contributed by atoms with van der Waals surface area (Å²) >= 11 is 0. The molecule has 1 atom stereocenters. The second-order valence-corrected chi connectivity index (χ2v) is 10.4. The Morgan fingerprint density at radius 2 is 1.38 bits per heavy atom. The lowest BCUT2D eigenvalue weighted by Crippen LogP contribution is -2.20. The molecule has 0 fully saturated rings. The van der Waals surface area contributed by atoms with Crippen LogP contribution in [0.4, 0.5) is 0 Å². The molecule has 0 saturated heterocycles. The maximum absolute atomic E-state index is 2.43. The predicted octanol–water partition coefficient (Wildman–Crippen LogP) is 7.29. The highest BCUT2D eigenvalue weighted by Crippen LogP contribution is 2.54. The molecule has 0 heterocycles. The van der Waals surface area contributed by atoms with Gasteiger partial charge in [-0.15, -0.1) is 0 Å². The van der Waals surface area contributed by atoms with E-state index in [2.05, 4.69) is 72.7 Å². The molecule has 1 unspecified atom stereocenters. The van der Waals surface area contributed by atoms with Crippen molar-refractivity contribution in [3.05, 3.63) is 57.6 Å². The Kier molecular flexibility index (Phi) is 3.92. The maximum Gasteiger partial charge on any atom is 0.0107 e. The Morgan fingerprint density at radius 3 is 1.96 bits per heavy atom. The van der Waals surface area contributed by atoms with Crippen LogP contribution in [0.5, 0.6) is 0 Å². The Hall–Kier alpha value is -1.56. The van der Waals surface area contributed by atoms with Crippen molar-refractivity contribution in [2.75, 3.05) is 0 Å². The van der Waals surface area contributed by atoms with Gasteiger partial charge in [0.05, 0.1) is 0 Å². The van der Waals surface area contributed by atoms with Crippen LogP contribution in [0.25, 0.3) is 11.1 Å². The molecule has 26 heavy (non-hydrogen) atoms. The van der Waals surface area contributed by atoms with Gasteiger partial charge in [0.25, 0.3) is 0 Å². The van der Waals surface area contributed by atoms with Gasteiger partial charge in [-0.3, -0.25) is 0 Å². The molecule has 2 aliphatic rings. The topological polar surface area (TPSA) is 0 Å². The molecule has 2 aromatic carbocycles. The largest absolute Gasteiger partial charge is 0.0613 e. The molecular formula is C26H34. The lowest BCUT2D eigenvalue weighted by Gasteiger charge is -2.31. The molecule has 2 aromatic rings. The number of hydrogen-bond donors (Lipinski definition) is 0. The van der Waals surface area contributed by atoms with Crippen molar-refractivity contribution in [3.63, 3.8) is 0 Å². The third-order valence-corrected chi connectivity index (χ3v) is 6.59. The maximum atomic E-state index is 2.43. The van der Waals surface area contributed by atoms with Crippen LogP contribution < -0.4 is 0 Å². The van der Waals surface area contributed by atoms with E-state index in [0.717, 1.165) is 6.42 Å². The van der Waals surface area contributed by atoms with Crippen molar-refractivity contribution in [2.24, 2.45) is 0 Å². The van der Waals surface area contributed by atoms with E-state index >= 15 is 0 Å². The Bertz CT molecular complexity index is 868. The minimum atomic E-state index is 0.212. The van der Waals surface area contributed by atoms with E-state index in [9.17, 15) is 0 Å². The zero-order valence-corrected chi connectivity index (χ0v) is 17.7. The summed E-state index contributed by atoms with van der Waals surface area (Å²) in [5, 5.41) is 0. The van der Waals surface area contributed by atoms with E-state index in [4.69, 9.17) is 0 Å².